The van der Waals surface area contributed by atoms with Crippen LogP contribution in [0.15, 0.2) is 73.1 Å². The number of hydrogen-bond donors (Lipinski definition) is 0. The van der Waals surface area contributed by atoms with Crippen LogP contribution in [0.2, 0.25) is 0 Å². The van der Waals surface area contributed by atoms with Crippen molar-refractivity contribution in [2.45, 2.75) is 13.8 Å². The zero-order chi connectivity index (χ0) is 19.5. The summed E-state index contributed by atoms with van der Waals surface area (Å²) in [6.45, 7) is 4.35. The van der Waals surface area contributed by atoms with Gasteiger partial charge in [-0.15, -0.1) is 11.3 Å². The van der Waals surface area contributed by atoms with Gasteiger partial charge in [0, 0.05) is 21.0 Å². The topological polar surface area (TPSA) is 25.8 Å². The predicted octanol–water partition coefficient (Wildman–Crippen LogP) is 7.43. The molecule has 2 nitrogen and oxygen atoms in total. The second kappa shape index (κ2) is 6.10. The van der Waals surface area contributed by atoms with Crippen molar-refractivity contribution in [3.8, 4) is 11.3 Å². The van der Waals surface area contributed by atoms with Gasteiger partial charge in [0.1, 0.15) is 6.33 Å². The fourth-order valence-electron chi connectivity index (χ4n) is 4.38. The first kappa shape index (κ1) is 16.6. The second-order valence-corrected chi connectivity index (χ2v) is 8.70. The average molecular weight is 391 g/mol. The maximum atomic E-state index is 4.69. The molecule has 0 radical (unpaired) electrons. The Bertz CT molecular complexity index is 1580. The van der Waals surface area contributed by atoms with Crippen LogP contribution in [-0.4, -0.2) is 9.97 Å². The molecular formula is C26H18N2S. The SMILES string of the molecule is Cc1cc(C)c2ccc3c4ncnc(-c5ccc6ccccc6c5)c4sc3c2c1. The Morgan fingerprint density at radius 3 is 2.41 bits per heavy atom. The first-order valence-electron chi connectivity index (χ1n) is 9.75. The number of aromatic nitrogens is 2. The summed E-state index contributed by atoms with van der Waals surface area (Å²) >= 11 is 1.81. The largest absolute Gasteiger partial charge is 0.235 e. The molecule has 0 fully saturated rings. The van der Waals surface area contributed by atoms with Crippen LogP contribution in [0.4, 0.5) is 0 Å². The normalized spacial score (nSPS) is 11.8. The fourth-order valence-corrected chi connectivity index (χ4v) is 5.66. The Hall–Kier alpha value is -3.30. The molecule has 6 rings (SSSR count). The molecule has 0 N–H and O–H groups in total. The molecule has 6 aromatic rings. The minimum atomic E-state index is 1.01. The van der Waals surface area contributed by atoms with E-state index >= 15 is 0 Å². The van der Waals surface area contributed by atoms with Gasteiger partial charge >= 0.3 is 0 Å². The van der Waals surface area contributed by atoms with E-state index in [9.17, 15) is 0 Å². The first-order chi connectivity index (χ1) is 14.2. The van der Waals surface area contributed by atoms with Crippen LogP contribution >= 0.6 is 11.3 Å². The molecule has 3 heteroatoms. The number of hydrogen-bond acceptors (Lipinski definition) is 3. The van der Waals surface area contributed by atoms with Crippen molar-refractivity contribution < 1.29 is 0 Å². The minimum absolute atomic E-state index is 1.01. The van der Waals surface area contributed by atoms with Crippen LogP contribution < -0.4 is 0 Å². The molecule has 0 bridgehead atoms. The van der Waals surface area contributed by atoms with Gasteiger partial charge in [0.25, 0.3) is 0 Å². The highest BCUT2D eigenvalue weighted by Gasteiger charge is 2.15. The molecule has 138 valence electrons. The summed E-state index contributed by atoms with van der Waals surface area (Å²) in [5.41, 5.74) is 5.81. The molecule has 0 amide bonds. The molecule has 0 unspecified atom stereocenters. The Kier molecular flexibility index (Phi) is 3.50. The lowest BCUT2D eigenvalue weighted by Crippen LogP contribution is -1.86. The summed E-state index contributed by atoms with van der Waals surface area (Å²) in [6, 6.07) is 24.0. The lowest BCUT2D eigenvalue weighted by molar-refractivity contribution is 1.24. The molecule has 2 heterocycles. The van der Waals surface area contributed by atoms with Gasteiger partial charge < -0.3 is 0 Å². The maximum Gasteiger partial charge on any atom is 0.116 e. The lowest BCUT2D eigenvalue weighted by atomic mass is 10.0. The van der Waals surface area contributed by atoms with E-state index in [0.717, 1.165) is 21.5 Å². The molecule has 0 spiro atoms. The first-order valence-corrected chi connectivity index (χ1v) is 10.6. The van der Waals surface area contributed by atoms with Crippen LogP contribution in [0.1, 0.15) is 11.1 Å². The van der Waals surface area contributed by atoms with E-state index in [2.05, 4.69) is 85.6 Å². The summed E-state index contributed by atoms with van der Waals surface area (Å²) in [5.74, 6) is 0. The second-order valence-electron chi connectivity index (χ2n) is 7.68. The quantitative estimate of drug-likeness (QED) is 0.292. The molecule has 0 atom stereocenters. The number of thiophene rings is 1. The molecular weight excluding hydrogens is 372 g/mol. The van der Waals surface area contributed by atoms with Crippen molar-refractivity contribution >= 4 is 53.2 Å². The number of benzene rings is 4. The summed E-state index contributed by atoms with van der Waals surface area (Å²) in [5, 5.41) is 6.32. The van der Waals surface area contributed by atoms with Gasteiger partial charge in [-0.05, 0) is 47.7 Å². The molecule has 0 aliphatic rings. The van der Waals surface area contributed by atoms with Crippen LogP contribution in [0.3, 0.4) is 0 Å². The third-order valence-corrected chi connectivity index (χ3v) is 6.96. The minimum Gasteiger partial charge on any atom is -0.235 e. The van der Waals surface area contributed by atoms with Crippen molar-refractivity contribution in [2.75, 3.05) is 0 Å². The highest BCUT2D eigenvalue weighted by molar-refractivity contribution is 7.27. The van der Waals surface area contributed by atoms with Crippen molar-refractivity contribution in [1.29, 1.82) is 0 Å². The van der Waals surface area contributed by atoms with E-state index in [1.165, 1.54) is 42.8 Å². The third-order valence-electron chi connectivity index (χ3n) is 5.72. The molecule has 0 saturated carbocycles. The van der Waals surface area contributed by atoms with Gasteiger partial charge in [0.15, 0.2) is 0 Å². The van der Waals surface area contributed by atoms with Gasteiger partial charge in [-0.2, -0.15) is 0 Å². The Morgan fingerprint density at radius 1 is 0.690 bits per heavy atom. The average Bonchev–Trinajstić information content (AvgIpc) is 3.13. The van der Waals surface area contributed by atoms with E-state index in [1.807, 2.05) is 11.3 Å². The van der Waals surface area contributed by atoms with Crippen molar-refractivity contribution in [3.05, 3.63) is 84.2 Å². The van der Waals surface area contributed by atoms with Crippen LogP contribution in [-0.2, 0) is 0 Å². The van der Waals surface area contributed by atoms with E-state index in [1.54, 1.807) is 6.33 Å². The van der Waals surface area contributed by atoms with E-state index < -0.39 is 0 Å². The highest BCUT2D eigenvalue weighted by atomic mass is 32.1. The van der Waals surface area contributed by atoms with Gasteiger partial charge in [-0.1, -0.05) is 60.2 Å². The Balaban J connectivity index is 1.70. The summed E-state index contributed by atoms with van der Waals surface area (Å²) in [7, 11) is 0. The summed E-state index contributed by atoms with van der Waals surface area (Å²) in [4.78, 5) is 9.36. The van der Waals surface area contributed by atoms with E-state index in [0.29, 0.717) is 0 Å². The standard InChI is InChI=1S/C26H18N2S/c1-15-11-16(2)20-9-10-21-24-26(29-25(21)22(20)12-15)23(27-14-28-24)19-8-7-17-5-3-4-6-18(17)13-19/h3-14H,1-2H3. The lowest BCUT2D eigenvalue weighted by Gasteiger charge is -2.05. The van der Waals surface area contributed by atoms with E-state index in [4.69, 9.17) is 4.98 Å². The monoisotopic (exact) mass is 390 g/mol. The zero-order valence-electron chi connectivity index (χ0n) is 16.2. The zero-order valence-corrected chi connectivity index (χ0v) is 17.0. The fraction of sp³-hybridized carbons (Fsp3) is 0.0769. The highest BCUT2D eigenvalue weighted by Crippen LogP contribution is 2.41. The van der Waals surface area contributed by atoms with Gasteiger partial charge in [-0.3, -0.25) is 0 Å². The molecule has 0 aliphatic carbocycles. The van der Waals surface area contributed by atoms with Crippen LogP contribution in [0.5, 0.6) is 0 Å². The molecule has 0 aliphatic heterocycles. The van der Waals surface area contributed by atoms with E-state index in [-0.39, 0.29) is 0 Å². The Morgan fingerprint density at radius 2 is 1.52 bits per heavy atom. The number of fused-ring (bicyclic) bond motifs is 6. The number of aryl methyl sites for hydroxylation is 2. The molecule has 0 saturated heterocycles. The number of rotatable bonds is 1. The maximum absolute atomic E-state index is 4.69. The summed E-state index contributed by atoms with van der Waals surface area (Å²) < 4.78 is 2.45. The van der Waals surface area contributed by atoms with Crippen molar-refractivity contribution in [2.24, 2.45) is 0 Å². The van der Waals surface area contributed by atoms with Gasteiger partial charge in [0.05, 0.1) is 15.9 Å². The van der Waals surface area contributed by atoms with Gasteiger partial charge in [-0.25, -0.2) is 9.97 Å². The molecule has 29 heavy (non-hydrogen) atoms. The smallest absolute Gasteiger partial charge is 0.116 e. The Labute approximate surface area is 172 Å². The van der Waals surface area contributed by atoms with Crippen molar-refractivity contribution in [3.63, 3.8) is 0 Å². The predicted molar refractivity (Wildman–Crippen MR) is 125 cm³/mol. The third kappa shape index (κ3) is 2.48. The number of nitrogens with zero attached hydrogens (tertiary/aromatic N) is 2. The van der Waals surface area contributed by atoms with Crippen LogP contribution in [0.25, 0.3) is 53.1 Å². The van der Waals surface area contributed by atoms with Crippen LogP contribution in [0, 0.1) is 13.8 Å². The van der Waals surface area contributed by atoms with Crippen molar-refractivity contribution in [1.82, 2.24) is 9.97 Å². The molecule has 2 aromatic heterocycles. The van der Waals surface area contributed by atoms with Gasteiger partial charge in [0.2, 0.25) is 0 Å². The molecule has 4 aromatic carbocycles. The summed E-state index contributed by atoms with van der Waals surface area (Å²) in [6.07, 6.45) is 1.70.